The van der Waals surface area contributed by atoms with E-state index in [4.69, 9.17) is 9.84 Å². The number of hydrogen-bond acceptors (Lipinski definition) is 4. The quantitative estimate of drug-likeness (QED) is 0.639. The van der Waals surface area contributed by atoms with Crippen molar-refractivity contribution in [3.05, 3.63) is 12.2 Å². The highest BCUT2D eigenvalue weighted by Crippen LogP contribution is 2.56. The Morgan fingerprint density at radius 1 is 1.50 bits per heavy atom. The van der Waals surface area contributed by atoms with E-state index in [2.05, 4.69) is 13.5 Å². The molecule has 0 amide bonds. The fourth-order valence-electron chi connectivity index (χ4n) is 5.06. The molecule has 1 saturated heterocycles. The molecule has 1 heterocycles. The van der Waals surface area contributed by atoms with Gasteiger partial charge in [-0.05, 0) is 50.5 Å². The molecular weight excluding hydrogens is 278 g/mol. The number of rotatable bonds is 4. The van der Waals surface area contributed by atoms with Gasteiger partial charge in [0.15, 0.2) is 0 Å². The molecule has 124 valence electrons. The summed E-state index contributed by atoms with van der Waals surface area (Å²) in [5.74, 6) is 0.790. The Morgan fingerprint density at radius 2 is 2.27 bits per heavy atom. The van der Waals surface area contributed by atoms with E-state index in [9.17, 15) is 4.79 Å². The second kappa shape index (κ2) is 5.97. The summed E-state index contributed by atoms with van der Waals surface area (Å²) in [4.78, 5) is 14.4. The van der Waals surface area contributed by atoms with Crippen LogP contribution in [-0.4, -0.2) is 48.8 Å². The van der Waals surface area contributed by atoms with Crippen molar-refractivity contribution in [1.29, 1.82) is 0 Å². The van der Waals surface area contributed by atoms with Crippen molar-refractivity contribution in [2.24, 2.45) is 23.2 Å². The second-order valence-corrected chi connectivity index (χ2v) is 7.89. The average Bonchev–Trinajstić information content (AvgIpc) is 2.72. The Kier molecular flexibility index (Phi) is 4.34. The first-order chi connectivity index (χ1) is 10.4. The van der Waals surface area contributed by atoms with E-state index >= 15 is 0 Å². The summed E-state index contributed by atoms with van der Waals surface area (Å²) in [6.45, 7) is 8.11. The number of allylic oxidation sites excluding steroid dienone is 1. The zero-order valence-corrected chi connectivity index (χ0v) is 13.9. The molecule has 1 aliphatic heterocycles. The van der Waals surface area contributed by atoms with Crippen LogP contribution in [0.15, 0.2) is 12.2 Å². The zero-order chi connectivity index (χ0) is 15.9. The lowest BCUT2D eigenvalue weighted by Crippen LogP contribution is -2.45. The van der Waals surface area contributed by atoms with E-state index in [1.54, 1.807) is 0 Å². The Labute approximate surface area is 133 Å². The molecule has 5 atom stereocenters. The minimum Gasteiger partial charge on any atom is -0.462 e. The summed E-state index contributed by atoms with van der Waals surface area (Å²) >= 11 is 0. The number of fused-ring (bicyclic) bond motifs is 2. The van der Waals surface area contributed by atoms with Crippen LogP contribution >= 0.6 is 0 Å². The van der Waals surface area contributed by atoms with Crippen LogP contribution in [0.5, 0.6) is 0 Å². The van der Waals surface area contributed by atoms with E-state index in [0.717, 1.165) is 19.3 Å². The Hall–Kier alpha value is -0.870. The standard InChI is InChI=1S/C18H29NO3/c1-12-5-4-6-18(2)10-16-13(9-15(12)18)14(17(21)22-16)11-19(3)7-8-20/h13-16,20H,1,4-11H2,2-3H3/t13-,14+,15+,16-,18-/m1/s1. The van der Waals surface area contributed by atoms with Gasteiger partial charge in [0.2, 0.25) is 0 Å². The molecule has 0 radical (unpaired) electrons. The largest absolute Gasteiger partial charge is 0.462 e. The predicted octanol–water partition coefficient (Wildman–Crippen LogP) is 2.22. The third kappa shape index (κ3) is 2.71. The van der Waals surface area contributed by atoms with E-state index in [0.29, 0.717) is 24.9 Å². The van der Waals surface area contributed by atoms with E-state index in [1.165, 1.54) is 18.4 Å². The molecule has 1 N–H and O–H groups in total. The highest BCUT2D eigenvalue weighted by atomic mass is 16.6. The van der Waals surface area contributed by atoms with Crippen LogP contribution in [0.25, 0.3) is 0 Å². The Balaban J connectivity index is 1.75. The number of hydrogen-bond donors (Lipinski definition) is 1. The number of nitrogens with zero attached hydrogens (tertiary/aromatic N) is 1. The van der Waals surface area contributed by atoms with Gasteiger partial charge in [0.05, 0.1) is 12.5 Å². The van der Waals surface area contributed by atoms with Crippen molar-refractivity contribution in [2.45, 2.75) is 45.1 Å². The smallest absolute Gasteiger partial charge is 0.310 e. The van der Waals surface area contributed by atoms with Gasteiger partial charge in [-0.1, -0.05) is 19.1 Å². The van der Waals surface area contributed by atoms with Crippen molar-refractivity contribution in [3.63, 3.8) is 0 Å². The van der Waals surface area contributed by atoms with E-state index in [1.807, 2.05) is 11.9 Å². The fraction of sp³-hybridized carbons (Fsp3) is 0.833. The van der Waals surface area contributed by atoms with Gasteiger partial charge < -0.3 is 14.7 Å². The SMILES string of the molecule is C=C1CCC[C@]2(C)C[C@H]3OC(=O)[C@@H](CN(C)CCO)[C@H]3C[C@@H]12. The molecule has 0 bridgehead atoms. The lowest BCUT2D eigenvalue weighted by atomic mass is 9.55. The third-order valence-electron chi connectivity index (χ3n) is 6.31. The summed E-state index contributed by atoms with van der Waals surface area (Å²) in [6, 6.07) is 0. The first kappa shape index (κ1) is 16.0. The zero-order valence-electron chi connectivity index (χ0n) is 13.9. The summed E-state index contributed by atoms with van der Waals surface area (Å²) in [7, 11) is 1.96. The van der Waals surface area contributed by atoms with Crippen molar-refractivity contribution >= 4 is 5.97 Å². The van der Waals surface area contributed by atoms with Crippen molar-refractivity contribution in [1.82, 2.24) is 4.90 Å². The normalized spacial score (nSPS) is 41.3. The van der Waals surface area contributed by atoms with Crippen molar-refractivity contribution in [2.75, 3.05) is 26.7 Å². The molecule has 4 nitrogen and oxygen atoms in total. The molecule has 2 saturated carbocycles. The monoisotopic (exact) mass is 307 g/mol. The average molecular weight is 307 g/mol. The minimum absolute atomic E-state index is 0.0346. The maximum Gasteiger partial charge on any atom is 0.310 e. The van der Waals surface area contributed by atoms with Crippen LogP contribution in [0.1, 0.15) is 39.0 Å². The summed E-state index contributed by atoms with van der Waals surface area (Å²) in [6.07, 6.45) is 5.72. The van der Waals surface area contributed by atoms with Gasteiger partial charge in [0, 0.05) is 19.0 Å². The maximum absolute atomic E-state index is 12.3. The van der Waals surface area contributed by atoms with Crippen LogP contribution in [0.4, 0.5) is 0 Å². The topological polar surface area (TPSA) is 49.8 Å². The highest BCUT2D eigenvalue weighted by Gasteiger charge is 2.55. The number of carbonyl (C=O) groups excluding carboxylic acids is 1. The number of ether oxygens (including phenoxy) is 1. The van der Waals surface area contributed by atoms with E-state index in [-0.39, 0.29) is 30.0 Å². The summed E-state index contributed by atoms with van der Waals surface area (Å²) in [5.41, 5.74) is 1.65. The van der Waals surface area contributed by atoms with Gasteiger partial charge in [0.25, 0.3) is 0 Å². The van der Waals surface area contributed by atoms with Crippen molar-refractivity contribution in [3.8, 4) is 0 Å². The van der Waals surface area contributed by atoms with Gasteiger partial charge in [-0.3, -0.25) is 4.79 Å². The number of aliphatic hydroxyl groups is 1. The van der Waals surface area contributed by atoms with Crippen LogP contribution in [0.3, 0.4) is 0 Å². The van der Waals surface area contributed by atoms with Crippen LogP contribution in [-0.2, 0) is 9.53 Å². The molecule has 0 aromatic carbocycles. The lowest BCUT2D eigenvalue weighted by molar-refractivity contribution is -0.146. The predicted molar refractivity (Wildman–Crippen MR) is 85.3 cm³/mol. The van der Waals surface area contributed by atoms with Gasteiger partial charge in [-0.25, -0.2) is 0 Å². The van der Waals surface area contributed by atoms with Gasteiger partial charge >= 0.3 is 5.97 Å². The number of esters is 1. The number of likely N-dealkylation sites (N-methyl/N-ethyl adjacent to an activating group) is 1. The molecule has 0 aromatic rings. The first-order valence-corrected chi connectivity index (χ1v) is 8.62. The van der Waals surface area contributed by atoms with Crippen LogP contribution in [0, 0.1) is 23.2 Å². The molecule has 3 rings (SSSR count). The molecule has 3 aliphatic rings. The third-order valence-corrected chi connectivity index (χ3v) is 6.31. The second-order valence-electron chi connectivity index (χ2n) is 7.89. The molecule has 0 unspecified atom stereocenters. The van der Waals surface area contributed by atoms with Crippen LogP contribution in [0.2, 0.25) is 0 Å². The number of carbonyl (C=O) groups is 1. The maximum atomic E-state index is 12.3. The minimum atomic E-state index is -0.0409. The molecule has 22 heavy (non-hydrogen) atoms. The summed E-state index contributed by atoms with van der Waals surface area (Å²) in [5, 5.41) is 9.06. The summed E-state index contributed by atoms with van der Waals surface area (Å²) < 4.78 is 5.75. The molecule has 0 aromatic heterocycles. The molecular formula is C18H29NO3. The Morgan fingerprint density at radius 3 is 3.00 bits per heavy atom. The molecule has 4 heteroatoms. The van der Waals surface area contributed by atoms with Crippen molar-refractivity contribution < 1.29 is 14.6 Å². The van der Waals surface area contributed by atoms with Crippen LogP contribution < -0.4 is 0 Å². The molecule has 3 fully saturated rings. The van der Waals surface area contributed by atoms with Gasteiger partial charge in [0.1, 0.15) is 6.10 Å². The molecule has 2 aliphatic carbocycles. The Bertz CT molecular complexity index is 463. The van der Waals surface area contributed by atoms with E-state index < -0.39 is 0 Å². The fourth-order valence-corrected chi connectivity index (χ4v) is 5.06. The number of aliphatic hydroxyl groups excluding tert-OH is 1. The van der Waals surface area contributed by atoms with Gasteiger partial charge in [-0.15, -0.1) is 0 Å². The van der Waals surface area contributed by atoms with Gasteiger partial charge in [-0.2, -0.15) is 0 Å². The molecule has 0 spiro atoms. The lowest BCUT2D eigenvalue weighted by Gasteiger charge is -2.50. The first-order valence-electron chi connectivity index (χ1n) is 8.62. The highest BCUT2D eigenvalue weighted by molar-refractivity contribution is 5.75.